The second kappa shape index (κ2) is 5.26. The lowest BCUT2D eigenvalue weighted by Crippen LogP contribution is -2.34. The van der Waals surface area contributed by atoms with Crippen molar-refractivity contribution in [3.05, 3.63) is 23.2 Å². The summed E-state index contributed by atoms with van der Waals surface area (Å²) in [5.74, 6) is 2.94. The third-order valence-electron chi connectivity index (χ3n) is 4.17. The Morgan fingerprint density at radius 1 is 1.24 bits per heavy atom. The van der Waals surface area contributed by atoms with Gasteiger partial charge in [0, 0.05) is 17.6 Å². The van der Waals surface area contributed by atoms with Gasteiger partial charge in [-0.2, -0.15) is 0 Å². The number of aryl methyl sites for hydroxylation is 2. The van der Waals surface area contributed by atoms with Gasteiger partial charge in [-0.05, 0) is 52.5 Å². The summed E-state index contributed by atoms with van der Waals surface area (Å²) in [4.78, 5) is 0. The SMILES string of the molecule is Cc1cc(C(C)N[C@@H](C)C2CCCC2)c(C)o1. The summed E-state index contributed by atoms with van der Waals surface area (Å²) in [6, 6.07) is 3.17. The van der Waals surface area contributed by atoms with Crippen LogP contribution in [0.25, 0.3) is 0 Å². The van der Waals surface area contributed by atoms with E-state index in [9.17, 15) is 0 Å². The molecule has 1 fully saturated rings. The molecule has 2 nitrogen and oxygen atoms in total. The number of hydrogen-bond donors (Lipinski definition) is 1. The molecule has 1 heterocycles. The molecule has 0 aliphatic heterocycles. The van der Waals surface area contributed by atoms with Crippen molar-refractivity contribution in [1.82, 2.24) is 5.32 Å². The van der Waals surface area contributed by atoms with E-state index in [1.165, 1.54) is 31.2 Å². The van der Waals surface area contributed by atoms with Crippen molar-refractivity contribution in [3.8, 4) is 0 Å². The Hall–Kier alpha value is -0.760. The van der Waals surface area contributed by atoms with Gasteiger partial charge in [0.05, 0.1) is 0 Å². The van der Waals surface area contributed by atoms with Crippen molar-refractivity contribution in [1.29, 1.82) is 0 Å². The van der Waals surface area contributed by atoms with Gasteiger partial charge in [-0.15, -0.1) is 0 Å². The lowest BCUT2D eigenvalue weighted by molar-refractivity contribution is 0.350. The van der Waals surface area contributed by atoms with E-state index in [0.717, 1.165) is 17.4 Å². The van der Waals surface area contributed by atoms with E-state index in [0.29, 0.717) is 12.1 Å². The lowest BCUT2D eigenvalue weighted by Gasteiger charge is -2.24. The molecule has 17 heavy (non-hydrogen) atoms. The van der Waals surface area contributed by atoms with Gasteiger partial charge in [-0.3, -0.25) is 0 Å². The van der Waals surface area contributed by atoms with E-state index >= 15 is 0 Å². The molecule has 1 aliphatic carbocycles. The van der Waals surface area contributed by atoms with Crippen LogP contribution in [0.15, 0.2) is 10.5 Å². The van der Waals surface area contributed by atoms with Gasteiger partial charge in [0.15, 0.2) is 0 Å². The zero-order valence-corrected chi connectivity index (χ0v) is 11.5. The Morgan fingerprint density at radius 3 is 2.41 bits per heavy atom. The maximum Gasteiger partial charge on any atom is 0.105 e. The van der Waals surface area contributed by atoms with Crippen molar-refractivity contribution < 1.29 is 4.42 Å². The van der Waals surface area contributed by atoms with E-state index in [4.69, 9.17) is 4.42 Å². The van der Waals surface area contributed by atoms with Crippen LogP contribution in [0, 0.1) is 19.8 Å². The van der Waals surface area contributed by atoms with Crippen molar-refractivity contribution in [3.63, 3.8) is 0 Å². The van der Waals surface area contributed by atoms with Gasteiger partial charge in [-0.25, -0.2) is 0 Å². The van der Waals surface area contributed by atoms with Crippen LogP contribution in [0.5, 0.6) is 0 Å². The molecule has 0 bridgehead atoms. The first-order valence-corrected chi connectivity index (χ1v) is 6.91. The summed E-state index contributed by atoms with van der Waals surface area (Å²) in [7, 11) is 0. The summed E-state index contributed by atoms with van der Waals surface area (Å²) in [5.41, 5.74) is 1.31. The number of nitrogens with one attached hydrogen (secondary N) is 1. The Labute approximate surface area is 105 Å². The molecular formula is C15H25NO. The van der Waals surface area contributed by atoms with Gasteiger partial charge in [0.25, 0.3) is 0 Å². The highest BCUT2D eigenvalue weighted by Gasteiger charge is 2.23. The maximum absolute atomic E-state index is 5.60. The summed E-state index contributed by atoms with van der Waals surface area (Å²) < 4.78 is 5.60. The lowest BCUT2D eigenvalue weighted by atomic mass is 9.98. The zero-order valence-electron chi connectivity index (χ0n) is 11.5. The van der Waals surface area contributed by atoms with Crippen LogP contribution >= 0.6 is 0 Å². The average molecular weight is 235 g/mol. The predicted molar refractivity (Wildman–Crippen MR) is 71.2 cm³/mol. The van der Waals surface area contributed by atoms with Gasteiger partial charge < -0.3 is 9.73 Å². The quantitative estimate of drug-likeness (QED) is 0.849. The van der Waals surface area contributed by atoms with Crippen molar-refractivity contribution in [2.75, 3.05) is 0 Å². The second-order valence-corrected chi connectivity index (χ2v) is 5.59. The summed E-state index contributed by atoms with van der Waals surface area (Å²) in [6.45, 7) is 8.64. The zero-order chi connectivity index (χ0) is 12.4. The first kappa shape index (κ1) is 12.7. The minimum atomic E-state index is 0.392. The Kier molecular flexibility index (Phi) is 3.93. The molecule has 2 rings (SSSR count). The fourth-order valence-corrected chi connectivity index (χ4v) is 3.16. The number of rotatable bonds is 4. The number of hydrogen-bond acceptors (Lipinski definition) is 2. The second-order valence-electron chi connectivity index (χ2n) is 5.59. The molecule has 1 aromatic rings. The normalized spacial score (nSPS) is 20.7. The Bertz CT molecular complexity index is 363. The van der Waals surface area contributed by atoms with Crippen molar-refractivity contribution in [2.24, 2.45) is 5.92 Å². The third kappa shape index (κ3) is 2.92. The van der Waals surface area contributed by atoms with Crippen molar-refractivity contribution in [2.45, 2.75) is 65.5 Å². The van der Waals surface area contributed by atoms with E-state index in [-0.39, 0.29) is 0 Å². The molecule has 1 aromatic heterocycles. The minimum Gasteiger partial charge on any atom is -0.466 e. The van der Waals surface area contributed by atoms with Crippen LogP contribution in [-0.4, -0.2) is 6.04 Å². The van der Waals surface area contributed by atoms with Gasteiger partial charge in [0.2, 0.25) is 0 Å². The van der Waals surface area contributed by atoms with Crippen LogP contribution in [-0.2, 0) is 0 Å². The molecule has 1 aliphatic rings. The molecule has 0 amide bonds. The predicted octanol–water partition coefficient (Wildman–Crippen LogP) is 4.13. The van der Waals surface area contributed by atoms with Crippen LogP contribution in [0.3, 0.4) is 0 Å². The van der Waals surface area contributed by atoms with Crippen LogP contribution < -0.4 is 5.32 Å². The van der Waals surface area contributed by atoms with E-state index in [1.807, 2.05) is 6.92 Å². The average Bonchev–Trinajstić information content (AvgIpc) is 2.87. The molecule has 1 unspecified atom stereocenters. The van der Waals surface area contributed by atoms with Crippen LogP contribution in [0.1, 0.15) is 62.7 Å². The first-order chi connectivity index (χ1) is 8.08. The van der Waals surface area contributed by atoms with Crippen molar-refractivity contribution >= 4 is 0 Å². The summed E-state index contributed by atoms with van der Waals surface area (Å²) >= 11 is 0. The third-order valence-corrected chi connectivity index (χ3v) is 4.17. The fraction of sp³-hybridized carbons (Fsp3) is 0.733. The summed E-state index contributed by atoms with van der Waals surface area (Å²) in [5, 5.41) is 3.73. The molecule has 0 radical (unpaired) electrons. The molecule has 1 N–H and O–H groups in total. The molecule has 1 saturated carbocycles. The van der Waals surface area contributed by atoms with E-state index < -0.39 is 0 Å². The highest BCUT2D eigenvalue weighted by molar-refractivity contribution is 5.23. The molecule has 96 valence electrons. The number of furan rings is 1. The smallest absolute Gasteiger partial charge is 0.105 e. The molecule has 0 spiro atoms. The minimum absolute atomic E-state index is 0.392. The highest BCUT2D eigenvalue weighted by Crippen LogP contribution is 2.29. The monoisotopic (exact) mass is 235 g/mol. The Morgan fingerprint density at radius 2 is 1.88 bits per heavy atom. The van der Waals surface area contributed by atoms with E-state index in [2.05, 4.69) is 32.2 Å². The van der Waals surface area contributed by atoms with Gasteiger partial charge in [0.1, 0.15) is 11.5 Å². The van der Waals surface area contributed by atoms with Gasteiger partial charge in [-0.1, -0.05) is 12.8 Å². The standard InChI is InChI=1S/C15H25NO/c1-10-9-15(13(4)17-10)12(3)16-11(2)14-7-5-6-8-14/h9,11-12,14,16H,5-8H2,1-4H3/t11-,12?/m0/s1. The molecular weight excluding hydrogens is 210 g/mol. The van der Waals surface area contributed by atoms with Gasteiger partial charge >= 0.3 is 0 Å². The molecule has 2 atom stereocenters. The van der Waals surface area contributed by atoms with Crippen LogP contribution in [0.2, 0.25) is 0 Å². The first-order valence-electron chi connectivity index (χ1n) is 6.91. The highest BCUT2D eigenvalue weighted by atomic mass is 16.3. The maximum atomic E-state index is 5.60. The Balaban J connectivity index is 1.96. The molecule has 0 aromatic carbocycles. The van der Waals surface area contributed by atoms with E-state index in [1.54, 1.807) is 0 Å². The topological polar surface area (TPSA) is 25.2 Å². The largest absolute Gasteiger partial charge is 0.466 e. The molecule has 2 heteroatoms. The van der Waals surface area contributed by atoms with Crippen LogP contribution in [0.4, 0.5) is 0 Å². The fourth-order valence-electron chi connectivity index (χ4n) is 3.16. The molecule has 0 saturated heterocycles. The summed E-state index contributed by atoms with van der Waals surface area (Å²) in [6.07, 6.45) is 5.61.